The number of aliphatic hydroxyl groups excluding tert-OH is 1. The van der Waals surface area contributed by atoms with Crippen molar-refractivity contribution in [2.75, 3.05) is 0 Å². The molecule has 1 N–H and O–H groups in total. The molecule has 1 aliphatic heterocycles. The Morgan fingerprint density at radius 3 is 2.15 bits per heavy atom. The van der Waals surface area contributed by atoms with Crippen molar-refractivity contribution in [2.24, 2.45) is 5.92 Å². The summed E-state index contributed by atoms with van der Waals surface area (Å²) in [5, 5.41) is 9.98. The van der Waals surface area contributed by atoms with Crippen LogP contribution in [0, 0.1) is 12.8 Å². The van der Waals surface area contributed by atoms with Crippen molar-refractivity contribution in [1.29, 1.82) is 0 Å². The van der Waals surface area contributed by atoms with Gasteiger partial charge in [0.15, 0.2) is 11.5 Å². The minimum absolute atomic E-state index is 0.152. The number of hydrogen-bond acceptors (Lipinski definition) is 3. The van der Waals surface area contributed by atoms with Crippen LogP contribution < -0.4 is 9.47 Å². The van der Waals surface area contributed by atoms with Crippen molar-refractivity contribution in [3.63, 3.8) is 0 Å². The number of aliphatic hydroxyl groups is 1. The highest BCUT2D eigenvalue weighted by Gasteiger charge is 2.66. The lowest BCUT2D eigenvalue weighted by molar-refractivity contribution is -0.391. The van der Waals surface area contributed by atoms with Crippen LogP contribution in [0.1, 0.15) is 31.1 Å². The number of ether oxygens (including phenoxy) is 2. The molecular weight excluding hydrogens is 280 g/mol. The molecule has 0 bridgehead atoms. The highest BCUT2D eigenvalue weighted by Crippen LogP contribution is 2.49. The minimum Gasteiger partial charge on any atom is -0.421 e. The smallest absolute Gasteiger partial charge is 0.421 e. The molecule has 1 aromatic carbocycles. The second kappa shape index (κ2) is 4.51. The first kappa shape index (κ1) is 14.9. The third-order valence-corrected chi connectivity index (χ3v) is 3.17. The lowest BCUT2D eigenvalue weighted by Gasteiger charge is -2.33. The fourth-order valence-corrected chi connectivity index (χ4v) is 1.95. The summed E-state index contributed by atoms with van der Waals surface area (Å²) < 4.78 is 60.5. The average molecular weight is 294 g/mol. The molecule has 0 saturated carbocycles. The summed E-state index contributed by atoms with van der Waals surface area (Å²) in [6, 6.07) is 2.45. The van der Waals surface area contributed by atoms with Crippen molar-refractivity contribution in [2.45, 2.75) is 39.1 Å². The lowest BCUT2D eigenvalue weighted by atomic mass is 9.94. The van der Waals surface area contributed by atoms with E-state index in [1.807, 2.05) is 0 Å². The molecule has 1 heterocycles. The summed E-state index contributed by atoms with van der Waals surface area (Å²) in [4.78, 5) is 0. The molecule has 3 nitrogen and oxygen atoms in total. The zero-order chi connectivity index (χ0) is 15.3. The first-order valence-corrected chi connectivity index (χ1v) is 6.02. The molecular formula is C13H14F4O3. The van der Waals surface area contributed by atoms with E-state index in [4.69, 9.17) is 0 Å². The minimum atomic E-state index is -4.76. The quantitative estimate of drug-likeness (QED) is 0.846. The molecule has 1 aromatic rings. The molecule has 1 aliphatic rings. The van der Waals surface area contributed by atoms with Crippen LogP contribution in [0.5, 0.6) is 11.5 Å². The third kappa shape index (κ3) is 2.19. The Morgan fingerprint density at radius 2 is 1.60 bits per heavy atom. The summed E-state index contributed by atoms with van der Waals surface area (Å²) >= 11 is 0. The van der Waals surface area contributed by atoms with Gasteiger partial charge in [-0.05, 0) is 24.5 Å². The van der Waals surface area contributed by atoms with Gasteiger partial charge in [0.2, 0.25) is 0 Å². The van der Waals surface area contributed by atoms with Crippen LogP contribution in [0.25, 0.3) is 0 Å². The molecule has 0 fully saturated rings. The highest BCUT2D eigenvalue weighted by molar-refractivity contribution is 5.52. The van der Waals surface area contributed by atoms with Crippen LogP contribution in [0.2, 0.25) is 0 Å². The number of rotatable bonds is 2. The standard InChI is InChI=1S/C13H14F4O3/c1-6(2)10(18)8-4-5-9-11(7(8)3)20-13(16,17)12(14,15)19-9/h4-6,10,18H,1-3H3. The molecule has 0 aromatic heterocycles. The van der Waals surface area contributed by atoms with Gasteiger partial charge in [-0.3, -0.25) is 0 Å². The Kier molecular flexibility index (Phi) is 3.36. The molecule has 112 valence electrons. The van der Waals surface area contributed by atoms with Crippen LogP contribution in [0.15, 0.2) is 12.1 Å². The Morgan fingerprint density at radius 1 is 1.05 bits per heavy atom. The van der Waals surface area contributed by atoms with Gasteiger partial charge in [-0.2, -0.15) is 17.6 Å². The van der Waals surface area contributed by atoms with E-state index in [1.54, 1.807) is 13.8 Å². The SMILES string of the molecule is Cc1c(C(O)C(C)C)ccc2c1OC(F)(F)C(F)(F)O2. The normalized spacial score (nSPS) is 20.9. The summed E-state index contributed by atoms with van der Waals surface area (Å²) in [5.41, 5.74) is 0.488. The largest absolute Gasteiger partial charge is 0.507 e. The first-order valence-electron chi connectivity index (χ1n) is 6.02. The lowest BCUT2D eigenvalue weighted by Crippen LogP contribution is -2.52. The van der Waals surface area contributed by atoms with E-state index in [1.165, 1.54) is 13.0 Å². The van der Waals surface area contributed by atoms with Gasteiger partial charge in [-0.15, -0.1) is 0 Å². The predicted octanol–water partition coefficient (Wildman–Crippen LogP) is 3.64. The van der Waals surface area contributed by atoms with Gasteiger partial charge in [-0.25, -0.2) is 0 Å². The van der Waals surface area contributed by atoms with Crippen molar-refractivity contribution >= 4 is 0 Å². The number of fused-ring (bicyclic) bond motifs is 1. The van der Waals surface area contributed by atoms with Crippen LogP contribution in [-0.4, -0.2) is 17.3 Å². The molecule has 7 heteroatoms. The van der Waals surface area contributed by atoms with Crippen molar-refractivity contribution in [1.82, 2.24) is 0 Å². The topological polar surface area (TPSA) is 38.7 Å². The van der Waals surface area contributed by atoms with E-state index in [0.717, 1.165) is 6.07 Å². The van der Waals surface area contributed by atoms with Gasteiger partial charge >= 0.3 is 12.2 Å². The van der Waals surface area contributed by atoms with E-state index in [-0.39, 0.29) is 11.5 Å². The molecule has 0 amide bonds. The zero-order valence-corrected chi connectivity index (χ0v) is 11.1. The second-order valence-electron chi connectivity index (χ2n) is 5.03. The van der Waals surface area contributed by atoms with Crippen molar-refractivity contribution < 1.29 is 32.1 Å². The Labute approximate surface area is 113 Å². The summed E-state index contributed by atoms with van der Waals surface area (Å²) in [6.45, 7) is 4.88. The Bertz CT molecular complexity index is 529. The fourth-order valence-electron chi connectivity index (χ4n) is 1.95. The van der Waals surface area contributed by atoms with Gasteiger partial charge in [0.25, 0.3) is 0 Å². The van der Waals surface area contributed by atoms with E-state index >= 15 is 0 Å². The predicted molar refractivity (Wildman–Crippen MR) is 62.1 cm³/mol. The molecule has 1 unspecified atom stereocenters. The molecule has 0 saturated heterocycles. The highest BCUT2D eigenvalue weighted by atomic mass is 19.3. The molecule has 0 aliphatic carbocycles. The van der Waals surface area contributed by atoms with Crippen molar-refractivity contribution in [3.05, 3.63) is 23.3 Å². The van der Waals surface area contributed by atoms with E-state index in [2.05, 4.69) is 9.47 Å². The van der Waals surface area contributed by atoms with E-state index in [0.29, 0.717) is 5.56 Å². The van der Waals surface area contributed by atoms with E-state index in [9.17, 15) is 22.7 Å². The molecule has 2 rings (SSSR count). The van der Waals surface area contributed by atoms with Crippen LogP contribution in [0.4, 0.5) is 17.6 Å². The summed E-state index contributed by atoms with van der Waals surface area (Å²) in [5.74, 6) is -1.12. The third-order valence-electron chi connectivity index (χ3n) is 3.17. The maximum absolute atomic E-state index is 13.2. The first-order chi connectivity index (χ1) is 9.07. The van der Waals surface area contributed by atoms with Gasteiger partial charge in [0.1, 0.15) is 0 Å². The number of hydrogen-bond donors (Lipinski definition) is 1. The number of benzene rings is 1. The molecule has 20 heavy (non-hydrogen) atoms. The van der Waals surface area contributed by atoms with Gasteiger partial charge < -0.3 is 14.6 Å². The van der Waals surface area contributed by atoms with E-state index < -0.39 is 29.8 Å². The maximum Gasteiger partial charge on any atom is 0.507 e. The maximum atomic E-state index is 13.2. The van der Waals surface area contributed by atoms with Gasteiger partial charge in [0, 0.05) is 5.56 Å². The van der Waals surface area contributed by atoms with Gasteiger partial charge in [-0.1, -0.05) is 19.9 Å². The zero-order valence-electron chi connectivity index (χ0n) is 11.1. The van der Waals surface area contributed by atoms with Gasteiger partial charge in [0.05, 0.1) is 6.10 Å². The number of halogens is 4. The Hall–Kier alpha value is -1.50. The monoisotopic (exact) mass is 294 g/mol. The molecule has 0 spiro atoms. The summed E-state index contributed by atoms with van der Waals surface area (Å²) in [7, 11) is 0. The molecule has 1 atom stereocenters. The van der Waals surface area contributed by atoms with Crippen LogP contribution in [-0.2, 0) is 0 Å². The Balaban J connectivity index is 2.50. The molecule has 0 radical (unpaired) electrons. The second-order valence-corrected chi connectivity index (χ2v) is 5.03. The fraction of sp³-hybridized carbons (Fsp3) is 0.538. The summed E-state index contributed by atoms with van der Waals surface area (Å²) in [6.07, 6.45) is -10.4. The van der Waals surface area contributed by atoms with Crippen LogP contribution in [0.3, 0.4) is 0 Å². The van der Waals surface area contributed by atoms with Crippen molar-refractivity contribution in [3.8, 4) is 11.5 Å². The van der Waals surface area contributed by atoms with Crippen LogP contribution >= 0.6 is 0 Å². The number of alkyl halides is 4. The average Bonchev–Trinajstić information content (AvgIpc) is 2.31.